The molecule has 2 aromatic heterocycles. The van der Waals surface area contributed by atoms with E-state index < -0.39 is 0 Å². The van der Waals surface area contributed by atoms with Crippen LogP contribution < -0.4 is 4.90 Å². The van der Waals surface area contributed by atoms with Gasteiger partial charge in [0.1, 0.15) is 12.1 Å². The lowest BCUT2D eigenvalue weighted by atomic mass is 10.1. The van der Waals surface area contributed by atoms with Crippen molar-refractivity contribution in [3.63, 3.8) is 0 Å². The van der Waals surface area contributed by atoms with Crippen molar-refractivity contribution < 1.29 is 5.11 Å². The first-order valence-electron chi connectivity index (χ1n) is 6.80. The van der Waals surface area contributed by atoms with Crippen molar-refractivity contribution in [2.75, 3.05) is 18.6 Å². The van der Waals surface area contributed by atoms with Gasteiger partial charge in [-0.15, -0.1) is 0 Å². The van der Waals surface area contributed by atoms with Crippen LogP contribution in [0.15, 0.2) is 42.7 Å². The molecule has 1 N–H and O–H groups in total. The molecule has 0 unspecified atom stereocenters. The molecule has 0 saturated heterocycles. The van der Waals surface area contributed by atoms with Crippen LogP contribution in [-0.4, -0.2) is 44.4 Å². The maximum atomic E-state index is 9.37. The molecule has 0 aliphatic carbocycles. The Morgan fingerprint density at radius 1 is 1.29 bits per heavy atom. The lowest BCUT2D eigenvalue weighted by Gasteiger charge is -2.25. The molecule has 3 aromatic rings. The lowest BCUT2D eigenvalue weighted by molar-refractivity contribution is 0.269. The standard InChI is InChI=1S/C15H17N5O/c1-11(9-21)19(2)14-8-13(12-6-4-3-5-7-12)18-15-16-10-17-20(14)15/h3-8,10-11,21H,9H2,1-2H3/t11-/m1/s1. The highest BCUT2D eigenvalue weighted by Gasteiger charge is 2.16. The number of aliphatic hydroxyl groups is 1. The summed E-state index contributed by atoms with van der Waals surface area (Å²) in [5.74, 6) is 1.39. The summed E-state index contributed by atoms with van der Waals surface area (Å²) in [4.78, 5) is 10.7. The third kappa shape index (κ3) is 2.45. The Balaban J connectivity index is 2.16. The number of aliphatic hydroxyl groups excluding tert-OH is 1. The number of benzene rings is 1. The topological polar surface area (TPSA) is 66.5 Å². The van der Waals surface area contributed by atoms with E-state index in [2.05, 4.69) is 15.1 Å². The van der Waals surface area contributed by atoms with Crippen LogP contribution in [0.1, 0.15) is 6.92 Å². The zero-order valence-corrected chi connectivity index (χ0v) is 12.0. The molecule has 3 rings (SSSR count). The molecule has 0 fully saturated rings. The largest absolute Gasteiger partial charge is 0.394 e. The van der Waals surface area contributed by atoms with Crippen LogP contribution in [0.2, 0.25) is 0 Å². The zero-order valence-electron chi connectivity index (χ0n) is 12.0. The monoisotopic (exact) mass is 283 g/mol. The second-order valence-corrected chi connectivity index (χ2v) is 4.98. The molecule has 1 atom stereocenters. The van der Waals surface area contributed by atoms with Crippen molar-refractivity contribution in [3.8, 4) is 11.3 Å². The molecule has 0 spiro atoms. The van der Waals surface area contributed by atoms with Gasteiger partial charge in [-0.2, -0.15) is 14.6 Å². The number of hydrogen-bond donors (Lipinski definition) is 1. The molecule has 6 heteroatoms. The second-order valence-electron chi connectivity index (χ2n) is 4.98. The van der Waals surface area contributed by atoms with E-state index in [1.165, 1.54) is 6.33 Å². The summed E-state index contributed by atoms with van der Waals surface area (Å²) in [6, 6.07) is 11.9. The predicted octanol–water partition coefficient (Wildman–Crippen LogP) is 1.61. The summed E-state index contributed by atoms with van der Waals surface area (Å²) < 4.78 is 1.68. The van der Waals surface area contributed by atoms with Gasteiger partial charge in [0.05, 0.1) is 18.3 Å². The predicted molar refractivity (Wildman–Crippen MR) is 81.2 cm³/mol. The minimum Gasteiger partial charge on any atom is -0.394 e. The van der Waals surface area contributed by atoms with Gasteiger partial charge in [0, 0.05) is 18.7 Å². The average molecular weight is 283 g/mol. The van der Waals surface area contributed by atoms with Crippen LogP contribution in [0, 0.1) is 0 Å². The van der Waals surface area contributed by atoms with Gasteiger partial charge in [0.25, 0.3) is 5.78 Å². The summed E-state index contributed by atoms with van der Waals surface area (Å²) in [7, 11) is 1.92. The van der Waals surface area contributed by atoms with Crippen molar-refractivity contribution in [2.45, 2.75) is 13.0 Å². The Morgan fingerprint density at radius 2 is 2.05 bits per heavy atom. The Kier molecular flexibility index (Phi) is 3.53. The summed E-state index contributed by atoms with van der Waals surface area (Å²) in [5, 5.41) is 13.6. The third-order valence-corrected chi connectivity index (χ3v) is 3.59. The smallest absolute Gasteiger partial charge is 0.254 e. The molecule has 0 radical (unpaired) electrons. The molecule has 108 valence electrons. The highest BCUT2D eigenvalue weighted by atomic mass is 16.3. The van der Waals surface area contributed by atoms with E-state index in [0.29, 0.717) is 5.78 Å². The fraction of sp³-hybridized carbons (Fsp3) is 0.267. The first-order valence-corrected chi connectivity index (χ1v) is 6.80. The molecule has 6 nitrogen and oxygen atoms in total. The average Bonchev–Trinajstić information content (AvgIpc) is 3.01. The van der Waals surface area contributed by atoms with Crippen LogP contribution in [0.5, 0.6) is 0 Å². The van der Waals surface area contributed by atoms with Crippen molar-refractivity contribution in [2.24, 2.45) is 0 Å². The molecule has 0 aliphatic rings. The van der Waals surface area contributed by atoms with Crippen LogP contribution in [-0.2, 0) is 0 Å². The maximum absolute atomic E-state index is 9.37. The summed E-state index contributed by atoms with van der Waals surface area (Å²) in [6.07, 6.45) is 1.48. The Bertz CT molecular complexity index is 740. The van der Waals surface area contributed by atoms with Crippen molar-refractivity contribution in [1.29, 1.82) is 0 Å². The van der Waals surface area contributed by atoms with Gasteiger partial charge in [-0.3, -0.25) is 0 Å². The van der Waals surface area contributed by atoms with Crippen molar-refractivity contribution in [1.82, 2.24) is 19.6 Å². The lowest BCUT2D eigenvalue weighted by Crippen LogP contribution is -2.33. The van der Waals surface area contributed by atoms with Gasteiger partial charge < -0.3 is 10.0 Å². The second kappa shape index (κ2) is 5.49. The van der Waals surface area contributed by atoms with E-state index in [1.807, 2.05) is 55.3 Å². The minimum atomic E-state index is -0.0246. The molecule has 0 amide bonds. The van der Waals surface area contributed by atoms with Gasteiger partial charge in [-0.1, -0.05) is 30.3 Å². The van der Waals surface area contributed by atoms with E-state index in [0.717, 1.165) is 17.1 Å². The van der Waals surface area contributed by atoms with E-state index in [1.54, 1.807) is 4.52 Å². The van der Waals surface area contributed by atoms with E-state index in [9.17, 15) is 5.11 Å². The van der Waals surface area contributed by atoms with Crippen molar-refractivity contribution in [3.05, 3.63) is 42.7 Å². The molecule has 1 aromatic carbocycles. The van der Waals surface area contributed by atoms with E-state index >= 15 is 0 Å². The molecule has 0 bridgehead atoms. The first-order chi connectivity index (χ1) is 10.2. The first kappa shape index (κ1) is 13.5. The molecular formula is C15H17N5O. The fourth-order valence-electron chi connectivity index (χ4n) is 2.15. The highest BCUT2D eigenvalue weighted by Crippen LogP contribution is 2.23. The van der Waals surface area contributed by atoms with Crippen LogP contribution in [0.4, 0.5) is 5.82 Å². The van der Waals surface area contributed by atoms with Gasteiger partial charge in [-0.05, 0) is 6.92 Å². The van der Waals surface area contributed by atoms with Crippen LogP contribution in [0.25, 0.3) is 17.0 Å². The van der Waals surface area contributed by atoms with E-state index in [4.69, 9.17) is 0 Å². The molecule has 0 aliphatic heterocycles. The number of fused-ring (bicyclic) bond motifs is 1. The van der Waals surface area contributed by atoms with Gasteiger partial charge in [0.2, 0.25) is 0 Å². The normalized spacial score (nSPS) is 12.5. The Morgan fingerprint density at radius 3 is 2.76 bits per heavy atom. The van der Waals surface area contributed by atoms with Crippen molar-refractivity contribution >= 4 is 11.6 Å². The highest BCUT2D eigenvalue weighted by molar-refractivity contribution is 5.65. The molecular weight excluding hydrogens is 266 g/mol. The molecule has 21 heavy (non-hydrogen) atoms. The maximum Gasteiger partial charge on any atom is 0.254 e. The fourth-order valence-corrected chi connectivity index (χ4v) is 2.15. The van der Waals surface area contributed by atoms with E-state index in [-0.39, 0.29) is 12.6 Å². The summed E-state index contributed by atoms with van der Waals surface area (Å²) >= 11 is 0. The number of nitrogens with zero attached hydrogens (tertiary/aromatic N) is 5. The Labute approximate surface area is 122 Å². The van der Waals surface area contributed by atoms with Gasteiger partial charge in [0.15, 0.2) is 0 Å². The van der Waals surface area contributed by atoms with Crippen LogP contribution in [0.3, 0.4) is 0 Å². The van der Waals surface area contributed by atoms with Gasteiger partial charge in [-0.25, -0.2) is 4.98 Å². The number of aromatic nitrogens is 4. The summed E-state index contributed by atoms with van der Waals surface area (Å²) in [5.41, 5.74) is 1.86. The zero-order chi connectivity index (χ0) is 14.8. The SMILES string of the molecule is C[C@H](CO)N(C)c1cc(-c2ccccc2)nc2ncnn12. The molecule has 0 saturated carbocycles. The van der Waals surface area contributed by atoms with Crippen LogP contribution >= 0.6 is 0 Å². The molecule has 2 heterocycles. The van der Waals surface area contributed by atoms with Gasteiger partial charge >= 0.3 is 0 Å². The number of hydrogen-bond acceptors (Lipinski definition) is 5. The number of rotatable bonds is 4. The Hall–Kier alpha value is -2.47. The summed E-state index contributed by atoms with van der Waals surface area (Å²) in [6.45, 7) is 2.01. The minimum absolute atomic E-state index is 0.0246. The quantitative estimate of drug-likeness (QED) is 0.788. The third-order valence-electron chi connectivity index (χ3n) is 3.59. The number of likely N-dealkylation sites (N-methyl/N-ethyl adjacent to an activating group) is 1. The number of anilines is 1.